The Hall–Kier alpha value is -2.27. The van der Waals surface area contributed by atoms with Crippen LogP contribution in [0.5, 0.6) is 0 Å². The third-order valence-corrected chi connectivity index (χ3v) is 5.47. The Bertz CT molecular complexity index is 738. The van der Waals surface area contributed by atoms with Gasteiger partial charge in [0.05, 0.1) is 0 Å². The number of pyridine rings is 1. The van der Waals surface area contributed by atoms with Gasteiger partial charge >= 0.3 is 0 Å². The Morgan fingerprint density at radius 1 is 1.04 bits per heavy atom. The van der Waals surface area contributed by atoms with Crippen LogP contribution in [-0.2, 0) is 4.79 Å². The quantitative estimate of drug-likeness (QED) is 0.846. The summed E-state index contributed by atoms with van der Waals surface area (Å²) in [5.74, 6) is 0.179. The number of rotatable bonds is 4. The number of halogens is 1. The van der Waals surface area contributed by atoms with Gasteiger partial charge in [-0.05, 0) is 55.8 Å². The Balaban J connectivity index is 1.50. The molecule has 1 atom stereocenters. The first-order valence-corrected chi connectivity index (χ1v) is 9.41. The van der Waals surface area contributed by atoms with Crippen molar-refractivity contribution in [3.8, 4) is 0 Å². The van der Waals surface area contributed by atoms with E-state index in [1.807, 2.05) is 23.1 Å². The van der Waals surface area contributed by atoms with Gasteiger partial charge in [-0.15, -0.1) is 0 Å². The highest BCUT2D eigenvalue weighted by Crippen LogP contribution is 2.32. The molecule has 0 radical (unpaired) electrons. The largest absolute Gasteiger partial charge is 0.340 e. The molecule has 0 aliphatic carbocycles. The molecule has 4 rings (SSSR count). The number of carbonyl (C=O) groups is 1. The molecule has 1 unspecified atom stereocenters. The number of carbonyl (C=O) groups excluding carboxylic acids is 1. The summed E-state index contributed by atoms with van der Waals surface area (Å²) in [4.78, 5) is 21.8. The Labute approximate surface area is 153 Å². The van der Waals surface area contributed by atoms with Crippen molar-refractivity contribution in [2.24, 2.45) is 0 Å². The number of hydrogen-bond acceptors (Lipinski definition) is 3. The van der Waals surface area contributed by atoms with E-state index in [2.05, 4.69) is 9.88 Å². The molecule has 1 amide bonds. The van der Waals surface area contributed by atoms with E-state index in [1.165, 1.54) is 18.6 Å². The number of benzene rings is 1. The zero-order valence-corrected chi connectivity index (χ0v) is 14.9. The minimum absolute atomic E-state index is 0.130. The first kappa shape index (κ1) is 17.2. The summed E-state index contributed by atoms with van der Waals surface area (Å²) in [6.07, 6.45) is 5.24. The predicted octanol–water partition coefficient (Wildman–Crippen LogP) is 3.37. The molecule has 2 fully saturated rings. The highest BCUT2D eigenvalue weighted by Gasteiger charge is 2.38. The van der Waals surface area contributed by atoms with Crippen molar-refractivity contribution in [3.63, 3.8) is 0 Å². The molecule has 3 heterocycles. The van der Waals surface area contributed by atoms with Gasteiger partial charge in [0.25, 0.3) is 0 Å². The molecule has 4 nitrogen and oxygen atoms in total. The standard InChI is InChI=1S/C21H24FN3O/c22-18-9-7-16(8-10-18)20(24-12-4-1-5-13-24)21(26)25-14-17(15-25)19-6-2-3-11-23-19/h2-3,6-11,17,20H,1,4-5,12-15H2. The van der Waals surface area contributed by atoms with Crippen molar-refractivity contribution in [1.82, 2.24) is 14.8 Å². The molecule has 1 aromatic carbocycles. The van der Waals surface area contributed by atoms with Crippen molar-refractivity contribution >= 4 is 5.91 Å². The van der Waals surface area contributed by atoms with Gasteiger partial charge in [-0.2, -0.15) is 0 Å². The van der Waals surface area contributed by atoms with Crippen LogP contribution >= 0.6 is 0 Å². The third-order valence-electron chi connectivity index (χ3n) is 5.47. The molecule has 0 saturated carbocycles. The monoisotopic (exact) mass is 353 g/mol. The minimum Gasteiger partial charge on any atom is -0.340 e. The average molecular weight is 353 g/mol. The second-order valence-electron chi connectivity index (χ2n) is 7.25. The fourth-order valence-electron chi connectivity index (χ4n) is 3.97. The molecule has 2 aliphatic rings. The molecule has 0 N–H and O–H groups in total. The van der Waals surface area contributed by atoms with Crippen molar-refractivity contribution in [1.29, 1.82) is 0 Å². The van der Waals surface area contributed by atoms with Gasteiger partial charge in [-0.3, -0.25) is 14.7 Å². The lowest BCUT2D eigenvalue weighted by atomic mass is 9.92. The lowest BCUT2D eigenvalue weighted by Crippen LogP contribution is -2.53. The molecule has 2 aromatic rings. The molecule has 2 aliphatic heterocycles. The van der Waals surface area contributed by atoms with Gasteiger partial charge in [0.1, 0.15) is 11.9 Å². The van der Waals surface area contributed by atoms with Crippen LogP contribution in [0.25, 0.3) is 0 Å². The summed E-state index contributed by atoms with van der Waals surface area (Å²) in [7, 11) is 0. The van der Waals surface area contributed by atoms with Gasteiger partial charge in [0.15, 0.2) is 0 Å². The fourth-order valence-corrected chi connectivity index (χ4v) is 3.97. The van der Waals surface area contributed by atoms with E-state index < -0.39 is 0 Å². The van der Waals surface area contributed by atoms with E-state index in [-0.39, 0.29) is 17.8 Å². The second-order valence-corrected chi connectivity index (χ2v) is 7.25. The van der Waals surface area contributed by atoms with Gasteiger partial charge in [0.2, 0.25) is 5.91 Å². The molecule has 1 aromatic heterocycles. The van der Waals surface area contributed by atoms with Crippen molar-refractivity contribution in [3.05, 3.63) is 65.7 Å². The lowest BCUT2D eigenvalue weighted by Gasteiger charge is -2.43. The van der Waals surface area contributed by atoms with Crippen LogP contribution in [0.4, 0.5) is 4.39 Å². The van der Waals surface area contributed by atoms with Crippen LogP contribution in [0, 0.1) is 5.82 Å². The van der Waals surface area contributed by atoms with E-state index in [1.54, 1.807) is 18.3 Å². The van der Waals surface area contributed by atoms with Gasteiger partial charge in [0, 0.05) is 30.9 Å². The summed E-state index contributed by atoms with van der Waals surface area (Å²) < 4.78 is 13.4. The SMILES string of the molecule is O=C(C(c1ccc(F)cc1)N1CCCCC1)N1CC(c2ccccn2)C1. The van der Waals surface area contributed by atoms with Crippen molar-refractivity contribution < 1.29 is 9.18 Å². The van der Waals surface area contributed by atoms with E-state index in [9.17, 15) is 9.18 Å². The first-order valence-electron chi connectivity index (χ1n) is 9.41. The van der Waals surface area contributed by atoms with Crippen molar-refractivity contribution in [2.75, 3.05) is 26.2 Å². The summed E-state index contributed by atoms with van der Waals surface area (Å²) in [6, 6.07) is 12.0. The molecule has 5 heteroatoms. The maximum atomic E-state index is 13.4. The van der Waals surface area contributed by atoms with E-state index in [0.717, 1.165) is 37.2 Å². The summed E-state index contributed by atoms with van der Waals surface area (Å²) >= 11 is 0. The van der Waals surface area contributed by atoms with Crippen LogP contribution in [-0.4, -0.2) is 46.9 Å². The Morgan fingerprint density at radius 2 is 1.77 bits per heavy atom. The maximum Gasteiger partial charge on any atom is 0.244 e. The number of likely N-dealkylation sites (tertiary alicyclic amines) is 2. The smallest absolute Gasteiger partial charge is 0.244 e. The third kappa shape index (κ3) is 3.49. The van der Waals surface area contributed by atoms with Gasteiger partial charge < -0.3 is 4.90 Å². The van der Waals surface area contributed by atoms with E-state index >= 15 is 0 Å². The zero-order valence-electron chi connectivity index (χ0n) is 14.9. The van der Waals surface area contributed by atoms with E-state index in [4.69, 9.17) is 0 Å². The molecule has 136 valence electrons. The lowest BCUT2D eigenvalue weighted by molar-refractivity contribution is -0.142. The second kappa shape index (κ2) is 7.54. The molecule has 0 spiro atoms. The summed E-state index contributed by atoms with van der Waals surface area (Å²) in [5, 5.41) is 0. The molecule has 0 bridgehead atoms. The molecule has 26 heavy (non-hydrogen) atoms. The number of hydrogen-bond donors (Lipinski definition) is 0. The van der Waals surface area contributed by atoms with Crippen LogP contribution in [0.1, 0.15) is 42.5 Å². The highest BCUT2D eigenvalue weighted by atomic mass is 19.1. The topological polar surface area (TPSA) is 36.4 Å². The van der Waals surface area contributed by atoms with Crippen LogP contribution in [0.3, 0.4) is 0 Å². The van der Waals surface area contributed by atoms with Gasteiger partial charge in [-0.25, -0.2) is 4.39 Å². The zero-order chi connectivity index (χ0) is 17.9. The number of amides is 1. The van der Waals surface area contributed by atoms with E-state index in [0.29, 0.717) is 19.0 Å². The average Bonchev–Trinajstić information content (AvgIpc) is 2.64. The van der Waals surface area contributed by atoms with Crippen molar-refractivity contribution in [2.45, 2.75) is 31.2 Å². The van der Waals surface area contributed by atoms with Crippen LogP contribution in [0.2, 0.25) is 0 Å². The van der Waals surface area contributed by atoms with Crippen LogP contribution < -0.4 is 0 Å². The fraction of sp³-hybridized carbons (Fsp3) is 0.429. The molecule has 2 saturated heterocycles. The predicted molar refractivity (Wildman–Crippen MR) is 98.1 cm³/mol. The summed E-state index contributed by atoms with van der Waals surface area (Å²) in [6.45, 7) is 3.26. The molecular formula is C21H24FN3O. The Morgan fingerprint density at radius 3 is 2.42 bits per heavy atom. The normalized spacial score (nSPS) is 19.8. The maximum absolute atomic E-state index is 13.4. The Kier molecular flexibility index (Phi) is 4.98. The number of piperidine rings is 1. The first-order chi connectivity index (χ1) is 12.7. The van der Waals surface area contributed by atoms with Crippen LogP contribution in [0.15, 0.2) is 48.7 Å². The molecular weight excluding hydrogens is 329 g/mol. The minimum atomic E-state index is -0.305. The highest BCUT2D eigenvalue weighted by molar-refractivity contribution is 5.84. The number of aromatic nitrogens is 1. The summed E-state index contributed by atoms with van der Waals surface area (Å²) in [5.41, 5.74) is 1.94. The van der Waals surface area contributed by atoms with Gasteiger partial charge in [-0.1, -0.05) is 24.6 Å². The number of nitrogens with zero attached hydrogens (tertiary/aromatic N) is 3.